The van der Waals surface area contributed by atoms with E-state index in [2.05, 4.69) is 0 Å². The standard InChI is InChI=1S/C15H15NO4S/c1-11-2-8-14(9-3-11)21(18,19)20-15(16)10-12-4-6-13(17)7-5-12/h2-9,16-17H,10H2,1H3. The monoisotopic (exact) mass is 305 g/mol. The molecule has 0 aromatic heterocycles. The molecule has 6 heteroatoms. The van der Waals surface area contributed by atoms with E-state index in [1.165, 1.54) is 24.3 Å². The number of aromatic hydroxyl groups is 1. The first-order valence-corrected chi connectivity index (χ1v) is 7.64. The number of rotatable bonds is 4. The molecule has 0 aliphatic heterocycles. The Morgan fingerprint density at radius 2 is 1.67 bits per heavy atom. The first-order valence-electron chi connectivity index (χ1n) is 6.23. The molecule has 0 unspecified atom stereocenters. The molecule has 2 aromatic rings. The van der Waals surface area contributed by atoms with Gasteiger partial charge in [-0.05, 0) is 36.8 Å². The molecule has 2 aromatic carbocycles. The number of hydrogen-bond acceptors (Lipinski definition) is 5. The van der Waals surface area contributed by atoms with Crippen molar-refractivity contribution in [1.29, 1.82) is 5.41 Å². The van der Waals surface area contributed by atoms with Gasteiger partial charge in [0, 0.05) is 6.42 Å². The molecule has 2 N–H and O–H groups in total. The van der Waals surface area contributed by atoms with E-state index < -0.39 is 10.1 Å². The molecular weight excluding hydrogens is 290 g/mol. The molecule has 0 atom stereocenters. The number of phenols is 1. The van der Waals surface area contributed by atoms with Gasteiger partial charge in [-0.15, -0.1) is 0 Å². The van der Waals surface area contributed by atoms with Crippen LogP contribution in [0, 0.1) is 12.3 Å². The zero-order valence-corrected chi connectivity index (χ0v) is 12.2. The van der Waals surface area contributed by atoms with Gasteiger partial charge in [0.15, 0.2) is 0 Å². The molecule has 110 valence electrons. The summed E-state index contributed by atoms with van der Waals surface area (Å²) in [4.78, 5) is 0.0172. The highest BCUT2D eigenvalue weighted by atomic mass is 32.2. The molecule has 21 heavy (non-hydrogen) atoms. The SMILES string of the molecule is Cc1ccc(S(=O)(=O)OC(=N)Cc2ccc(O)cc2)cc1. The largest absolute Gasteiger partial charge is 0.508 e. The molecule has 0 saturated heterocycles. The van der Waals surface area contributed by atoms with E-state index in [1.54, 1.807) is 24.3 Å². The average molecular weight is 305 g/mol. The Hall–Kier alpha value is -2.34. The zero-order valence-electron chi connectivity index (χ0n) is 11.4. The summed E-state index contributed by atoms with van der Waals surface area (Å²) in [7, 11) is -3.98. The Balaban J connectivity index is 2.07. The molecule has 0 saturated carbocycles. The van der Waals surface area contributed by atoms with Crippen LogP contribution in [0.5, 0.6) is 5.75 Å². The van der Waals surface area contributed by atoms with E-state index in [4.69, 9.17) is 14.7 Å². The van der Waals surface area contributed by atoms with Gasteiger partial charge < -0.3 is 9.29 Å². The Kier molecular flexibility index (Phi) is 4.28. The van der Waals surface area contributed by atoms with Crippen molar-refractivity contribution in [1.82, 2.24) is 0 Å². The lowest BCUT2D eigenvalue weighted by atomic mass is 10.1. The third-order valence-electron chi connectivity index (χ3n) is 2.82. The molecule has 2 rings (SSSR count). The lowest BCUT2D eigenvalue weighted by molar-refractivity contribution is 0.471. The fourth-order valence-electron chi connectivity index (χ4n) is 1.71. The summed E-state index contributed by atoms with van der Waals surface area (Å²) in [5.41, 5.74) is 1.62. The minimum Gasteiger partial charge on any atom is -0.508 e. The maximum absolute atomic E-state index is 12.0. The third-order valence-corrected chi connectivity index (χ3v) is 4.09. The first kappa shape index (κ1) is 15.1. The van der Waals surface area contributed by atoms with Gasteiger partial charge in [-0.1, -0.05) is 29.8 Å². The normalized spacial score (nSPS) is 11.1. The second-order valence-corrected chi connectivity index (χ2v) is 6.16. The van der Waals surface area contributed by atoms with Gasteiger partial charge in [0.05, 0.1) is 0 Å². The molecule has 0 heterocycles. The van der Waals surface area contributed by atoms with Gasteiger partial charge in [0.1, 0.15) is 10.6 Å². The quantitative estimate of drug-likeness (QED) is 0.516. The van der Waals surface area contributed by atoms with Crippen LogP contribution in [0.1, 0.15) is 11.1 Å². The number of nitrogens with one attached hydrogen (secondary N) is 1. The third kappa shape index (κ3) is 4.06. The van der Waals surface area contributed by atoms with E-state index in [0.29, 0.717) is 5.56 Å². The second-order valence-electron chi connectivity index (χ2n) is 4.62. The van der Waals surface area contributed by atoms with Gasteiger partial charge in [-0.3, -0.25) is 5.41 Å². The van der Waals surface area contributed by atoms with Crippen molar-refractivity contribution >= 4 is 16.0 Å². The summed E-state index contributed by atoms with van der Waals surface area (Å²) in [5.74, 6) is -0.264. The topological polar surface area (TPSA) is 87.5 Å². The van der Waals surface area contributed by atoms with Crippen LogP contribution in [0.25, 0.3) is 0 Å². The zero-order chi connectivity index (χ0) is 15.5. The fourth-order valence-corrected chi connectivity index (χ4v) is 2.60. The molecule has 0 fully saturated rings. The van der Waals surface area contributed by atoms with Crippen LogP contribution < -0.4 is 0 Å². The molecule has 0 radical (unpaired) electrons. The predicted octanol–water partition coefficient (Wildman–Crippen LogP) is 2.63. The smallest absolute Gasteiger partial charge is 0.340 e. The van der Waals surface area contributed by atoms with Crippen LogP contribution >= 0.6 is 0 Å². The van der Waals surface area contributed by atoms with Crippen LogP contribution in [-0.2, 0) is 20.7 Å². The Morgan fingerprint density at radius 3 is 2.24 bits per heavy atom. The summed E-state index contributed by atoms with van der Waals surface area (Å²) < 4.78 is 28.8. The average Bonchev–Trinajstić information content (AvgIpc) is 2.41. The first-order chi connectivity index (χ1) is 9.87. The molecule has 0 bridgehead atoms. The van der Waals surface area contributed by atoms with Crippen LogP contribution in [0.2, 0.25) is 0 Å². The van der Waals surface area contributed by atoms with Crippen molar-refractivity contribution in [3.63, 3.8) is 0 Å². The molecule has 5 nitrogen and oxygen atoms in total. The van der Waals surface area contributed by atoms with Crippen molar-refractivity contribution in [3.05, 3.63) is 59.7 Å². The minimum absolute atomic E-state index is 0.0172. The summed E-state index contributed by atoms with van der Waals surface area (Å²) in [6.07, 6.45) is 0.0331. The van der Waals surface area contributed by atoms with E-state index in [-0.39, 0.29) is 23.0 Å². The Morgan fingerprint density at radius 1 is 1.10 bits per heavy atom. The Labute approximate surface area is 123 Å². The van der Waals surface area contributed by atoms with Crippen molar-refractivity contribution in [2.24, 2.45) is 0 Å². The molecule has 0 aliphatic rings. The molecule has 0 spiro atoms. The summed E-state index contributed by atoms with van der Waals surface area (Å²) >= 11 is 0. The highest BCUT2D eigenvalue weighted by Gasteiger charge is 2.18. The van der Waals surface area contributed by atoms with E-state index >= 15 is 0 Å². The van der Waals surface area contributed by atoms with Crippen molar-refractivity contribution in [2.45, 2.75) is 18.2 Å². The van der Waals surface area contributed by atoms with E-state index in [0.717, 1.165) is 5.56 Å². The van der Waals surface area contributed by atoms with Crippen molar-refractivity contribution < 1.29 is 17.7 Å². The van der Waals surface area contributed by atoms with E-state index in [1.807, 2.05) is 6.92 Å². The maximum atomic E-state index is 12.0. The number of aryl methyl sites for hydroxylation is 1. The number of hydrogen-bond donors (Lipinski definition) is 2. The lowest BCUT2D eigenvalue weighted by Gasteiger charge is -2.08. The van der Waals surface area contributed by atoms with Crippen LogP contribution in [0.15, 0.2) is 53.4 Å². The lowest BCUT2D eigenvalue weighted by Crippen LogP contribution is -2.14. The van der Waals surface area contributed by atoms with Gasteiger partial charge in [-0.2, -0.15) is 8.42 Å². The molecule has 0 aliphatic carbocycles. The second kappa shape index (κ2) is 5.97. The van der Waals surface area contributed by atoms with Gasteiger partial charge in [-0.25, -0.2) is 0 Å². The number of benzene rings is 2. The summed E-state index contributed by atoms with van der Waals surface area (Å²) in [5, 5.41) is 16.8. The van der Waals surface area contributed by atoms with Crippen LogP contribution in [0.4, 0.5) is 0 Å². The maximum Gasteiger partial charge on any atom is 0.340 e. The highest BCUT2D eigenvalue weighted by Crippen LogP contribution is 2.15. The predicted molar refractivity (Wildman–Crippen MR) is 79.0 cm³/mol. The van der Waals surface area contributed by atoms with Gasteiger partial charge >= 0.3 is 10.1 Å². The molecular formula is C15H15NO4S. The van der Waals surface area contributed by atoms with Crippen molar-refractivity contribution in [3.8, 4) is 5.75 Å². The van der Waals surface area contributed by atoms with Crippen LogP contribution in [-0.4, -0.2) is 19.4 Å². The summed E-state index contributed by atoms with van der Waals surface area (Å²) in [6.45, 7) is 1.85. The Bertz CT molecular complexity index is 734. The van der Waals surface area contributed by atoms with Crippen molar-refractivity contribution in [2.75, 3.05) is 0 Å². The van der Waals surface area contributed by atoms with Crippen LogP contribution in [0.3, 0.4) is 0 Å². The van der Waals surface area contributed by atoms with E-state index in [9.17, 15) is 8.42 Å². The minimum atomic E-state index is -3.98. The highest BCUT2D eigenvalue weighted by molar-refractivity contribution is 7.87. The van der Waals surface area contributed by atoms with Gasteiger partial charge in [0.25, 0.3) is 0 Å². The fraction of sp³-hybridized carbons (Fsp3) is 0.133. The summed E-state index contributed by atoms with van der Waals surface area (Å²) in [6, 6.07) is 12.4. The molecule has 0 amide bonds. The van der Waals surface area contributed by atoms with Gasteiger partial charge in [0.2, 0.25) is 5.90 Å². The number of phenolic OH excluding ortho intramolecular Hbond substituents is 1.